The zero-order chi connectivity index (χ0) is 24.9. The van der Waals surface area contributed by atoms with Gasteiger partial charge in [-0.25, -0.2) is 13.2 Å². The molecule has 0 atom stereocenters. The summed E-state index contributed by atoms with van der Waals surface area (Å²) in [5.41, 5.74) is 0.200. The molecule has 9 nitrogen and oxygen atoms in total. The van der Waals surface area contributed by atoms with Crippen LogP contribution in [0, 0.1) is 10.1 Å². The Labute approximate surface area is 212 Å². The highest BCUT2D eigenvalue weighted by atomic mass is 79.9. The van der Waals surface area contributed by atoms with Gasteiger partial charge in [0.2, 0.25) is 0 Å². The summed E-state index contributed by atoms with van der Waals surface area (Å²) in [5.74, 6) is -0.648. The molecule has 0 saturated carbocycles. The lowest BCUT2D eigenvalue weighted by molar-refractivity contribution is -0.385. The molecule has 3 rings (SSSR count). The molecule has 12 heteroatoms. The minimum absolute atomic E-state index is 0.00744. The summed E-state index contributed by atoms with van der Waals surface area (Å²) in [6.07, 6.45) is 0. The van der Waals surface area contributed by atoms with Crippen molar-refractivity contribution in [1.82, 2.24) is 0 Å². The van der Waals surface area contributed by atoms with Gasteiger partial charge in [0.15, 0.2) is 0 Å². The molecule has 1 N–H and O–H groups in total. The number of anilines is 1. The number of benzene rings is 3. The Hall–Kier alpha value is -2.96. The summed E-state index contributed by atoms with van der Waals surface area (Å²) >= 11 is 6.41. The van der Waals surface area contributed by atoms with E-state index in [1.165, 1.54) is 36.4 Å². The van der Waals surface area contributed by atoms with Crippen molar-refractivity contribution in [3.8, 4) is 5.75 Å². The van der Waals surface area contributed by atoms with Crippen molar-refractivity contribution in [3.63, 3.8) is 0 Å². The van der Waals surface area contributed by atoms with Gasteiger partial charge >= 0.3 is 5.97 Å². The first-order chi connectivity index (χ1) is 16.1. The number of nitro groups is 1. The number of nitro benzene ring substituents is 1. The molecule has 0 amide bonds. The number of esters is 1. The number of sulfonamides is 1. The summed E-state index contributed by atoms with van der Waals surface area (Å²) < 4.78 is 40.1. The second kappa shape index (κ2) is 11.0. The van der Waals surface area contributed by atoms with Crippen LogP contribution in [0.5, 0.6) is 5.75 Å². The first-order valence-corrected chi connectivity index (χ1v) is 12.8. The highest BCUT2D eigenvalue weighted by molar-refractivity contribution is 9.11. The van der Waals surface area contributed by atoms with E-state index in [0.29, 0.717) is 10.0 Å². The number of rotatable bonds is 9. The maximum absolute atomic E-state index is 13.1. The molecule has 0 aliphatic carbocycles. The van der Waals surface area contributed by atoms with Gasteiger partial charge in [-0.15, -0.1) is 0 Å². The van der Waals surface area contributed by atoms with Gasteiger partial charge in [0.05, 0.1) is 22.8 Å². The van der Waals surface area contributed by atoms with Crippen LogP contribution >= 0.6 is 31.9 Å². The van der Waals surface area contributed by atoms with Crippen molar-refractivity contribution in [1.29, 1.82) is 0 Å². The molecule has 0 heterocycles. The van der Waals surface area contributed by atoms with Crippen LogP contribution in [0.2, 0.25) is 0 Å². The molecule has 0 saturated heterocycles. The fraction of sp³-hybridized carbons (Fsp3) is 0.136. The van der Waals surface area contributed by atoms with E-state index in [9.17, 15) is 23.3 Å². The third-order valence-electron chi connectivity index (χ3n) is 4.50. The van der Waals surface area contributed by atoms with E-state index in [1.54, 1.807) is 31.2 Å². The van der Waals surface area contributed by atoms with Crippen molar-refractivity contribution in [2.75, 3.05) is 11.3 Å². The van der Waals surface area contributed by atoms with Crippen LogP contribution in [0.1, 0.15) is 22.8 Å². The van der Waals surface area contributed by atoms with Crippen LogP contribution in [-0.2, 0) is 21.4 Å². The van der Waals surface area contributed by atoms with Gasteiger partial charge in [-0.3, -0.25) is 14.8 Å². The Morgan fingerprint density at radius 3 is 2.53 bits per heavy atom. The Morgan fingerprint density at radius 2 is 1.82 bits per heavy atom. The summed E-state index contributed by atoms with van der Waals surface area (Å²) in [7, 11) is -4.13. The van der Waals surface area contributed by atoms with E-state index in [4.69, 9.17) is 9.47 Å². The first kappa shape index (κ1) is 25.7. The fourth-order valence-corrected chi connectivity index (χ4v) is 5.24. The number of halogens is 2. The molecular weight excluding hydrogens is 596 g/mol. The predicted octanol–water partition coefficient (Wildman–Crippen LogP) is 5.68. The van der Waals surface area contributed by atoms with Crippen LogP contribution in [0.3, 0.4) is 0 Å². The molecule has 3 aromatic rings. The number of para-hydroxylation sites is 1. The SMILES string of the molecule is CCOc1ccc(Br)cc1S(=O)(=O)Nc1ccccc1C(=O)OCc1cccc([N+](=O)[O-])c1Br. The Balaban J connectivity index is 1.86. The standard InChI is InChI=1S/C22H18Br2N2O7S/c1-2-32-19-11-10-15(23)12-20(19)34(30,31)25-17-8-4-3-7-16(17)22(27)33-13-14-6-5-9-18(21(14)24)26(28)29/h3-12,25H,2,13H2,1H3. The molecule has 0 aliphatic heterocycles. The number of carbonyl (C=O) groups excluding carboxylic acids is 1. The largest absolute Gasteiger partial charge is 0.492 e. The van der Waals surface area contributed by atoms with E-state index in [2.05, 4.69) is 36.6 Å². The highest BCUT2D eigenvalue weighted by Crippen LogP contribution is 2.31. The average molecular weight is 614 g/mol. The van der Waals surface area contributed by atoms with Gasteiger partial charge in [0.1, 0.15) is 21.7 Å². The van der Waals surface area contributed by atoms with Crippen molar-refractivity contribution < 1.29 is 27.6 Å². The van der Waals surface area contributed by atoms with Gasteiger partial charge in [-0.2, -0.15) is 0 Å². The monoisotopic (exact) mass is 612 g/mol. The highest BCUT2D eigenvalue weighted by Gasteiger charge is 2.24. The predicted molar refractivity (Wildman–Crippen MR) is 132 cm³/mol. The van der Waals surface area contributed by atoms with Crippen LogP contribution in [0.25, 0.3) is 0 Å². The van der Waals surface area contributed by atoms with Crippen molar-refractivity contribution in [3.05, 3.63) is 90.9 Å². The van der Waals surface area contributed by atoms with E-state index in [0.717, 1.165) is 0 Å². The maximum Gasteiger partial charge on any atom is 0.340 e. The third-order valence-corrected chi connectivity index (χ3v) is 7.30. The fourth-order valence-electron chi connectivity index (χ4n) is 2.96. The van der Waals surface area contributed by atoms with E-state index in [-0.39, 0.29) is 45.3 Å². The quantitative estimate of drug-likeness (QED) is 0.187. The first-order valence-electron chi connectivity index (χ1n) is 9.77. The van der Waals surface area contributed by atoms with Gasteiger partial charge in [-0.1, -0.05) is 40.2 Å². The lowest BCUT2D eigenvalue weighted by Gasteiger charge is -2.15. The smallest absolute Gasteiger partial charge is 0.340 e. The minimum atomic E-state index is -4.13. The number of nitrogens with zero attached hydrogens (tertiary/aromatic N) is 1. The molecule has 178 valence electrons. The molecule has 0 aliphatic rings. The van der Waals surface area contributed by atoms with Crippen LogP contribution in [-0.4, -0.2) is 25.9 Å². The number of carbonyl (C=O) groups is 1. The van der Waals surface area contributed by atoms with Crippen molar-refractivity contribution >= 4 is 59.2 Å². The van der Waals surface area contributed by atoms with Crippen molar-refractivity contribution in [2.24, 2.45) is 0 Å². The normalized spacial score (nSPS) is 11.0. The Morgan fingerprint density at radius 1 is 1.09 bits per heavy atom. The van der Waals surface area contributed by atoms with Gasteiger partial charge in [0, 0.05) is 16.1 Å². The molecule has 0 spiro atoms. The minimum Gasteiger partial charge on any atom is -0.492 e. The van der Waals surface area contributed by atoms with Gasteiger partial charge in [0.25, 0.3) is 15.7 Å². The van der Waals surface area contributed by atoms with E-state index < -0.39 is 20.9 Å². The van der Waals surface area contributed by atoms with E-state index >= 15 is 0 Å². The molecule has 0 aromatic heterocycles. The van der Waals surface area contributed by atoms with Crippen LogP contribution < -0.4 is 9.46 Å². The number of hydrogen-bond acceptors (Lipinski definition) is 7. The second-order valence-corrected chi connectivity index (χ2v) is 10.1. The number of hydrogen-bond donors (Lipinski definition) is 1. The summed E-state index contributed by atoms with van der Waals surface area (Å²) in [4.78, 5) is 23.2. The van der Waals surface area contributed by atoms with Gasteiger partial charge < -0.3 is 9.47 Å². The number of nitrogens with one attached hydrogen (secondary N) is 1. The molecule has 34 heavy (non-hydrogen) atoms. The molecule has 0 fully saturated rings. The zero-order valence-electron chi connectivity index (χ0n) is 17.7. The second-order valence-electron chi connectivity index (χ2n) is 6.76. The van der Waals surface area contributed by atoms with Crippen molar-refractivity contribution in [2.45, 2.75) is 18.4 Å². The Bertz CT molecular complexity index is 1350. The molecule has 0 bridgehead atoms. The lowest BCUT2D eigenvalue weighted by Crippen LogP contribution is -2.17. The summed E-state index contributed by atoms with van der Waals surface area (Å²) in [6, 6.07) is 14.9. The molecule has 0 unspecified atom stereocenters. The molecule has 3 aromatic carbocycles. The van der Waals surface area contributed by atoms with Gasteiger partial charge in [-0.05, 0) is 53.2 Å². The molecule has 0 radical (unpaired) electrons. The van der Waals surface area contributed by atoms with Crippen LogP contribution in [0.15, 0.2) is 74.5 Å². The maximum atomic E-state index is 13.1. The Kier molecular flexibility index (Phi) is 8.28. The number of ether oxygens (including phenoxy) is 2. The van der Waals surface area contributed by atoms with Crippen LogP contribution in [0.4, 0.5) is 11.4 Å². The van der Waals surface area contributed by atoms with E-state index in [1.807, 2.05) is 0 Å². The molecular formula is C22H18Br2N2O7S. The topological polar surface area (TPSA) is 125 Å². The summed E-state index contributed by atoms with van der Waals surface area (Å²) in [6.45, 7) is 1.74. The third kappa shape index (κ3) is 5.93. The lowest BCUT2D eigenvalue weighted by atomic mass is 10.2. The summed E-state index contributed by atoms with van der Waals surface area (Å²) in [5, 5.41) is 11.1. The average Bonchev–Trinajstić information content (AvgIpc) is 2.79. The zero-order valence-corrected chi connectivity index (χ0v) is 21.6.